The SMILES string of the molecule is Cc1nc(SCC(=O)N2CCc3c([nH]c4ccccc34)C2)n[nH]1. The molecule has 0 bridgehead atoms. The fourth-order valence-electron chi connectivity index (χ4n) is 3.01. The van der Waals surface area contributed by atoms with E-state index in [0.29, 0.717) is 17.5 Å². The Morgan fingerprint density at radius 1 is 1.39 bits per heavy atom. The third-order valence-corrected chi connectivity index (χ3v) is 4.97. The highest BCUT2D eigenvalue weighted by molar-refractivity contribution is 7.99. The number of aromatic nitrogens is 4. The van der Waals surface area contributed by atoms with Crippen LogP contribution in [0.1, 0.15) is 17.1 Å². The number of carbonyl (C=O) groups excluding carboxylic acids is 1. The van der Waals surface area contributed by atoms with E-state index >= 15 is 0 Å². The van der Waals surface area contributed by atoms with Crippen LogP contribution in [0.2, 0.25) is 0 Å². The van der Waals surface area contributed by atoms with Crippen LogP contribution < -0.4 is 0 Å². The molecule has 0 unspecified atom stereocenters. The highest BCUT2D eigenvalue weighted by Gasteiger charge is 2.23. The molecule has 0 aliphatic carbocycles. The summed E-state index contributed by atoms with van der Waals surface area (Å²) in [6, 6.07) is 8.32. The van der Waals surface area contributed by atoms with Gasteiger partial charge in [-0.3, -0.25) is 9.89 Å². The number of nitrogens with one attached hydrogen (secondary N) is 2. The minimum atomic E-state index is 0.127. The quantitative estimate of drug-likeness (QED) is 0.724. The van der Waals surface area contributed by atoms with Gasteiger partial charge in [0.05, 0.1) is 12.3 Å². The molecule has 1 aliphatic rings. The second-order valence-corrected chi connectivity index (χ2v) is 6.63. The number of fused-ring (bicyclic) bond motifs is 3. The largest absolute Gasteiger partial charge is 0.357 e. The molecule has 1 aromatic carbocycles. The molecule has 6 nitrogen and oxygen atoms in total. The molecule has 23 heavy (non-hydrogen) atoms. The first kappa shape index (κ1) is 14.3. The van der Waals surface area contributed by atoms with Crippen molar-refractivity contribution >= 4 is 28.6 Å². The summed E-state index contributed by atoms with van der Waals surface area (Å²) in [7, 11) is 0. The molecule has 1 aliphatic heterocycles. The van der Waals surface area contributed by atoms with E-state index in [1.165, 1.54) is 22.7 Å². The number of amides is 1. The summed E-state index contributed by atoms with van der Waals surface area (Å²) >= 11 is 1.37. The molecule has 0 saturated carbocycles. The van der Waals surface area contributed by atoms with Crippen LogP contribution in [0.3, 0.4) is 0 Å². The number of hydrogen-bond donors (Lipinski definition) is 2. The Morgan fingerprint density at radius 2 is 2.26 bits per heavy atom. The smallest absolute Gasteiger partial charge is 0.233 e. The van der Waals surface area contributed by atoms with E-state index in [1.54, 1.807) is 0 Å². The Hall–Kier alpha value is -2.28. The van der Waals surface area contributed by atoms with Crippen molar-refractivity contribution < 1.29 is 4.79 Å². The Morgan fingerprint density at radius 3 is 3.09 bits per heavy atom. The fourth-order valence-corrected chi connectivity index (χ4v) is 3.76. The summed E-state index contributed by atoms with van der Waals surface area (Å²) < 4.78 is 0. The zero-order valence-corrected chi connectivity index (χ0v) is 13.6. The predicted molar refractivity (Wildman–Crippen MR) is 89.3 cm³/mol. The normalized spacial score (nSPS) is 14.2. The molecular formula is C16H17N5OS. The third kappa shape index (κ3) is 2.72. The van der Waals surface area contributed by atoms with E-state index in [-0.39, 0.29) is 5.91 Å². The van der Waals surface area contributed by atoms with Gasteiger partial charge in [-0.25, -0.2) is 4.98 Å². The van der Waals surface area contributed by atoms with Crippen molar-refractivity contribution in [2.75, 3.05) is 12.3 Å². The number of H-pyrrole nitrogens is 2. The van der Waals surface area contributed by atoms with Crippen LogP contribution >= 0.6 is 11.8 Å². The number of thioether (sulfide) groups is 1. The van der Waals surface area contributed by atoms with Crippen molar-refractivity contribution in [3.05, 3.63) is 41.3 Å². The van der Waals surface area contributed by atoms with Gasteiger partial charge in [-0.15, -0.1) is 5.10 Å². The number of para-hydroxylation sites is 1. The highest BCUT2D eigenvalue weighted by Crippen LogP contribution is 2.27. The fraction of sp³-hybridized carbons (Fsp3) is 0.312. The second kappa shape index (κ2) is 5.73. The summed E-state index contributed by atoms with van der Waals surface area (Å²) in [5.74, 6) is 1.26. The molecule has 1 amide bonds. The van der Waals surface area contributed by atoms with Gasteiger partial charge in [0.2, 0.25) is 11.1 Å². The lowest BCUT2D eigenvalue weighted by Crippen LogP contribution is -2.37. The van der Waals surface area contributed by atoms with E-state index < -0.39 is 0 Å². The minimum absolute atomic E-state index is 0.127. The topological polar surface area (TPSA) is 77.7 Å². The monoisotopic (exact) mass is 327 g/mol. The minimum Gasteiger partial charge on any atom is -0.357 e. The first-order valence-corrected chi connectivity index (χ1v) is 8.57. The Bertz CT molecular complexity index is 868. The Kier molecular flexibility index (Phi) is 3.57. The van der Waals surface area contributed by atoms with Gasteiger partial charge in [-0.1, -0.05) is 30.0 Å². The number of aryl methyl sites for hydroxylation is 1. The molecule has 118 valence electrons. The predicted octanol–water partition coefficient (Wildman–Crippen LogP) is 2.27. The molecule has 0 spiro atoms. The lowest BCUT2D eigenvalue weighted by Gasteiger charge is -2.27. The first-order chi connectivity index (χ1) is 11.2. The summed E-state index contributed by atoms with van der Waals surface area (Å²) in [5, 5.41) is 8.74. The molecule has 0 radical (unpaired) electrons. The molecule has 3 heterocycles. The van der Waals surface area contributed by atoms with Crippen LogP contribution in [-0.4, -0.2) is 43.3 Å². The molecule has 0 fully saturated rings. The van der Waals surface area contributed by atoms with Gasteiger partial charge in [0.15, 0.2) is 0 Å². The van der Waals surface area contributed by atoms with Gasteiger partial charge in [-0.2, -0.15) is 0 Å². The number of hydrogen-bond acceptors (Lipinski definition) is 4. The molecule has 0 atom stereocenters. The van der Waals surface area contributed by atoms with E-state index in [0.717, 1.165) is 30.0 Å². The van der Waals surface area contributed by atoms with Gasteiger partial charge in [-0.05, 0) is 25.0 Å². The average molecular weight is 327 g/mol. The summed E-state index contributed by atoms with van der Waals surface area (Å²) in [6.45, 7) is 3.26. The Labute approximate surface area is 137 Å². The van der Waals surface area contributed by atoms with E-state index in [2.05, 4.69) is 38.4 Å². The van der Waals surface area contributed by atoms with Gasteiger partial charge in [0.25, 0.3) is 0 Å². The average Bonchev–Trinajstić information content (AvgIpc) is 3.15. The van der Waals surface area contributed by atoms with Gasteiger partial charge in [0, 0.05) is 23.1 Å². The van der Waals surface area contributed by atoms with Crippen LogP contribution in [0.15, 0.2) is 29.4 Å². The van der Waals surface area contributed by atoms with Gasteiger partial charge < -0.3 is 9.88 Å². The number of aromatic amines is 2. The molecule has 3 aromatic rings. The number of rotatable bonds is 3. The maximum absolute atomic E-state index is 12.4. The van der Waals surface area contributed by atoms with Crippen LogP contribution in [0.4, 0.5) is 0 Å². The van der Waals surface area contributed by atoms with Crippen molar-refractivity contribution in [3.8, 4) is 0 Å². The number of nitrogens with zero attached hydrogens (tertiary/aromatic N) is 3. The van der Waals surface area contributed by atoms with Gasteiger partial charge >= 0.3 is 0 Å². The second-order valence-electron chi connectivity index (χ2n) is 5.69. The zero-order valence-electron chi connectivity index (χ0n) is 12.8. The van der Waals surface area contributed by atoms with Crippen LogP contribution in [0.5, 0.6) is 0 Å². The molecular weight excluding hydrogens is 310 g/mol. The van der Waals surface area contributed by atoms with Crippen molar-refractivity contribution in [3.63, 3.8) is 0 Å². The summed E-state index contributed by atoms with van der Waals surface area (Å²) in [6.07, 6.45) is 0.898. The molecule has 2 N–H and O–H groups in total. The van der Waals surface area contributed by atoms with Crippen molar-refractivity contribution in [2.24, 2.45) is 0 Å². The maximum Gasteiger partial charge on any atom is 0.233 e. The molecule has 2 aromatic heterocycles. The lowest BCUT2D eigenvalue weighted by atomic mass is 10.0. The molecule has 4 rings (SSSR count). The lowest BCUT2D eigenvalue weighted by molar-refractivity contribution is -0.129. The van der Waals surface area contributed by atoms with Crippen LogP contribution in [0.25, 0.3) is 10.9 Å². The van der Waals surface area contributed by atoms with Crippen LogP contribution in [0, 0.1) is 6.92 Å². The van der Waals surface area contributed by atoms with Crippen molar-refractivity contribution in [1.29, 1.82) is 0 Å². The van der Waals surface area contributed by atoms with E-state index in [9.17, 15) is 4.79 Å². The molecule has 0 saturated heterocycles. The summed E-state index contributed by atoms with van der Waals surface area (Å²) in [4.78, 5) is 22.0. The van der Waals surface area contributed by atoms with E-state index in [4.69, 9.17) is 0 Å². The highest BCUT2D eigenvalue weighted by atomic mass is 32.2. The standard InChI is InChI=1S/C16H17N5OS/c1-10-17-16(20-19-10)23-9-15(22)21-7-6-12-11-4-2-3-5-13(11)18-14(12)8-21/h2-5,18H,6-9H2,1H3,(H,17,19,20). The van der Waals surface area contributed by atoms with Gasteiger partial charge in [0.1, 0.15) is 5.82 Å². The van der Waals surface area contributed by atoms with E-state index in [1.807, 2.05) is 17.9 Å². The zero-order chi connectivity index (χ0) is 15.8. The third-order valence-electron chi connectivity index (χ3n) is 4.14. The summed E-state index contributed by atoms with van der Waals surface area (Å²) in [5.41, 5.74) is 3.66. The maximum atomic E-state index is 12.4. The molecule has 7 heteroatoms. The van der Waals surface area contributed by atoms with Crippen LogP contribution in [-0.2, 0) is 17.8 Å². The number of benzene rings is 1. The first-order valence-electron chi connectivity index (χ1n) is 7.59. The van der Waals surface area contributed by atoms with Crippen molar-refractivity contribution in [1.82, 2.24) is 25.1 Å². The number of carbonyl (C=O) groups is 1. The van der Waals surface area contributed by atoms with Crippen molar-refractivity contribution in [2.45, 2.75) is 25.0 Å². The Balaban J connectivity index is 1.46.